The second kappa shape index (κ2) is 77.1. The van der Waals surface area contributed by atoms with Crippen LogP contribution in [0.5, 0.6) is 0 Å². The number of unbranched alkanes of at least 4 members (excludes halogenated alkanes) is 66. The Kier molecular flexibility index (Phi) is 75.8. The summed E-state index contributed by atoms with van der Waals surface area (Å²) in [7, 11) is 0. The van der Waals surface area contributed by atoms with Crippen LogP contribution in [0.15, 0.2) is 12.2 Å². The third-order valence-corrected chi connectivity index (χ3v) is 19.3. The van der Waals surface area contributed by atoms with Crippen LogP contribution in [0.2, 0.25) is 0 Å². The molecule has 0 saturated carbocycles. The largest absolute Gasteiger partial charge is 0.466 e. The van der Waals surface area contributed by atoms with E-state index in [0.717, 1.165) is 38.5 Å². The number of nitrogens with one attached hydrogen (secondary N) is 1. The SMILES string of the molecule is CCCCCCCCCCCCCCCC/C=C/C(O)C(CO)NC(=O)CCCCCCCCCCCCCCCCCCCCCCCCCCCCCCCCCCCCCCCOC(=O)CCCCCCCCCCCCCCCCCCC. The van der Waals surface area contributed by atoms with Gasteiger partial charge in [-0.1, -0.05) is 437 Å². The van der Waals surface area contributed by atoms with Gasteiger partial charge in [0.15, 0.2) is 0 Å². The number of amides is 1. The minimum atomic E-state index is -0.840. The van der Waals surface area contributed by atoms with Crippen LogP contribution in [-0.2, 0) is 14.3 Å². The predicted molar refractivity (Wildman–Crippen MR) is 384 cm³/mol. The number of rotatable bonds is 77. The summed E-state index contributed by atoms with van der Waals surface area (Å²) in [6.07, 6.45) is 97.8. The predicted octanol–water partition coefficient (Wildman–Crippen LogP) is 26.7. The number of esters is 1. The van der Waals surface area contributed by atoms with Crippen molar-refractivity contribution in [2.45, 2.75) is 482 Å². The number of aliphatic hydroxyl groups is 2. The van der Waals surface area contributed by atoms with Gasteiger partial charge in [-0.15, -0.1) is 0 Å². The van der Waals surface area contributed by atoms with Gasteiger partial charge in [0.05, 0.1) is 25.4 Å². The molecule has 0 heterocycles. The van der Waals surface area contributed by atoms with Gasteiger partial charge in [0.2, 0.25) is 5.91 Å². The van der Waals surface area contributed by atoms with E-state index in [-0.39, 0.29) is 18.5 Å². The van der Waals surface area contributed by atoms with E-state index in [1.54, 1.807) is 6.08 Å². The van der Waals surface area contributed by atoms with Gasteiger partial charge in [0, 0.05) is 12.8 Å². The van der Waals surface area contributed by atoms with Crippen molar-refractivity contribution in [3.63, 3.8) is 0 Å². The molecule has 0 spiro atoms. The lowest BCUT2D eigenvalue weighted by atomic mass is 10.0. The van der Waals surface area contributed by atoms with Crippen molar-refractivity contribution in [1.82, 2.24) is 5.32 Å². The van der Waals surface area contributed by atoms with Gasteiger partial charge in [0.1, 0.15) is 0 Å². The summed E-state index contributed by atoms with van der Waals surface area (Å²) in [6.45, 7) is 4.96. The van der Waals surface area contributed by atoms with Crippen LogP contribution in [0.25, 0.3) is 0 Å². The summed E-state index contributed by atoms with van der Waals surface area (Å²) >= 11 is 0. The minimum absolute atomic E-state index is 0.0284. The maximum absolute atomic E-state index is 12.5. The van der Waals surface area contributed by atoms with E-state index >= 15 is 0 Å². The first kappa shape index (κ1) is 85.6. The fourth-order valence-corrected chi connectivity index (χ4v) is 13.2. The van der Waals surface area contributed by atoms with Crippen LogP contribution >= 0.6 is 0 Å². The summed E-state index contributed by atoms with van der Waals surface area (Å²) in [5.74, 6) is -0.0300. The summed E-state index contributed by atoms with van der Waals surface area (Å²) in [4.78, 5) is 24.6. The van der Waals surface area contributed by atoms with E-state index in [1.807, 2.05) is 6.08 Å². The molecule has 0 aromatic heterocycles. The maximum atomic E-state index is 12.5. The zero-order chi connectivity index (χ0) is 62.8. The van der Waals surface area contributed by atoms with Gasteiger partial charge >= 0.3 is 5.97 Å². The second-order valence-electron chi connectivity index (χ2n) is 28.1. The Hall–Kier alpha value is -1.40. The number of hydrogen-bond acceptors (Lipinski definition) is 5. The van der Waals surface area contributed by atoms with Crippen LogP contribution in [-0.4, -0.2) is 47.4 Å². The molecule has 6 heteroatoms. The highest BCUT2D eigenvalue weighted by Gasteiger charge is 2.18. The van der Waals surface area contributed by atoms with Crippen molar-refractivity contribution in [3.05, 3.63) is 12.2 Å². The molecule has 6 nitrogen and oxygen atoms in total. The third kappa shape index (κ3) is 73.5. The Morgan fingerprint density at radius 1 is 0.310 bits per heavy atom. The van der Waals surface area contributed by atoms with Gasteiger partial charge in [-0.05, 0) is 32.1 Å². The molecule has 3 N–H and O–H groups in total. The van der Waals surface area contributed by atoms with E-state index < -0.39 is 12.1 Å². The molecule has 0 aliphatic heterocycles. The molecule has 2 atom stereocenters. The number of aliphatic hydroxyl groups excluding tert-OH is 2. The monoisotopic (exact) mass is 1230 g/mol. The molecular formula is C81H159NO5. The molecule has 87 heavy (non-hydrogen) atoms. The molecule has 1 amide bonds. The van der Waals surface area contributed by atoms with Crippen LogP contribution in [0, 0.1) is 0 Å². The minimum Gasteiger partial charge on any atom is -0.466 e. The summed E-state index contributed by atoms with van der Waals surface area (Å²) in [5, 5.41) is 23.2. The lowest BCUT2D eigenvalue weighted by Gasteiger charge is -2.20. The number of carbonyl (C=O) groups excluding carboxylic acids is 2. The molecule has 0 aliphatic carbocycles. The zero-order valence-electron chi connectivity index (χ0n) is 59.5. The summed E-state index contributed by atoms with van der Waals surface area (Å²) in [5.41, 5.74) is 0. The van der Waals surface area contributed by atoms with Crippen molar-refractivity contribution in [1.29, 1.82) is 0 Å². The number of ether oxygens (including phenoxy) is 1. The third-order valence-electron chi connectivity index (χ3n) is 19.3. The average Bonchev–Trinajstić information content (AvgIpc) is 3.58. The van der Waals surface area contributed by atoms with E-state index in [0.29, 0.717) is 19.4 Å². The van der Waals surface area contributed by atoms with Gasteiger partial charge in [0.25, 0.3) is 0 Å². The Morgan fingerprint density at radius 2 is 0.529 bits per heavy atom. The smallest absolute Gasteiger partial charge is 0.305 e. The van der Waals surface area contributed by atoms with Gasteiger partial charge < -0.3 is 20.3 Å². The van der Waals surface area contributed by atoms with E-state index in [2.05, 4.69) is 19.2 Å². The molecular weight excluding hydrogens is 1070 g/mol. The molecule has 0 radical (unpaired) electrons. The zero-order valence-corrected chi connectivity index (χ0v) is 59.5. The standard InChI is InChI=1S/C81H159NO5/c1-3-5-7-9-11-13-15-17-19-42-47-51-55-59-63-67-71-75-81(86)87-76-72-68-64-60-56-52-48-44-41-39-37-35-33-31-29-27-25-23-21-22-24-26-28-30-32-34-36-38-40-43-46-50-54-58-62-66-70-74-80(85)82-78(77-83)79(84)73-69-65-61-57-53-49-45-20-18-16-14-12-10-8-6-4-2/h69,73,78-79,83-84H,3-68,70-72,74-77H2,1-2H3,(H,82,85)/b73-69+. The van der Waals surface area contributed by atoms with Gasteiger partial charge in [-0.25, -0.2) is 0 Å². The number of carbonyl (C=O) groups is 2. The van der Waals surface area contributed by atoms with Crippen LogP contribution in [0.4, 0.5) is 0 Å². The fourth-order valence-electron chi connectivity index (χ4n) is 13.2. The lowest BCUT2D eigenvalue weighted by molar-refractivity contribution is -0.143. The first-order valence-corrected chi connectivity index (χ1v) is 40.5. The summed E-state index contributed by atoms with van der Waals surface area (Å²) in [6, 6.07) is -0.623. The molecule has 0 aromatic rings. The van der Waals surface area contributed by atoms with Crippen LogP contribution < -0.4 is 5.32 Å². The van der Waals surface area contributed by atoms with Gasteiger partial charge in [-0.3, -0.25) is 9.59 Å². The van der Waals surface area contributed by atoms with Gasteiger partial charge in [-0.2, -0.15) is 0 Å². The molecule has 518 valence electrons. The molecule has 0 aromatic carbocycles. The highest BCUT2D eigenvalue weighted by atomic mass is 16.5. The molecule has 0 fully saturated rings. The normalized spacial score (nSPS) is 12.5. The first-order chi connectivity index (χ1) is 43.0. The molecule has 2 unspecified atom stereocenters. The molecule has 0 rings (SSSR count). The van der Waals surface area contributed by atoms with Crippen molar-refractivity contribution >= 4 is 11.9 Å². The Labute approximate surface area is 546 Å². The number of allylic oxidation sites excluding steroid dienone is 1. The van der Waals surface area contributed by atoms with Crippen molar-refractivity contribution in [3.8, 4) is 0 Å². The Bertz CT molecular complexity index is 1320. The van der Waals surface area contributed by atoms with Crippen LogP contribution in [0.3, 0.4) is 0 Å². The lowest BCUT2D eigenvalue weighted by Crippen LogP contribution is -2.45. The Morgan fingerprint density at radius 3 is 0.782 bits per heavy atom. The Balaban J connectivity index is 3.29. The van der Waals surface area contributed by atoms with Crippen LogP contribution in [0.1, 0.15) is 470 Å². The number of hydrogen-bond donors (Lipinski definition) is 3. The fraction of sp³-hybridized carbons (Fsp3) is 0.951. The highest BCUT2D eigenvalue weighted by molar-refractivity contribution is 5.76. The van der Waals surface area contributed by atoms with E-state index in [1.165, 1.54) is 405 Å². The van der Waals surface area contributed by atoms with E-state index in [4.69, 9.17) is 4.74 Å². The molecule has 0 saturated heterocycles. The average molecular weight is 1230 g/mol. The molecule has 0 bridgehead atoms. The van der Waals surface area contributed by atoms with Crippen molar-refractivity contribution in [2.24, 2.45) is 0 Å². The quantitative estimate of drug-likeness (QED) is 0.0320. The maximum Gasteiger partial charge on any atom is 0.305 e. The van der Waals surface area contributed by atoms with Crippen molar-refractivity contribution < 1.29 is 24.5 Å². The summed E-state index contributed by atoms with van der Waals surface area (Å²) < 4.78 is 5.52. The second-order valence-corrected chi connectivity index (χ2v) is 28.1. The first-order valence-electron chi connectivity index (χ1n) is 40.5. The highest BCUT2D eigenvalue weighted by Crippen LogP contribution is 2.20. The van der Waals surface area contributed by atoms with E-state index in [9.17, 15) is 19.8 Å². The topological polar surface area (TPSA) is 95.9 Å². The van der Waals surface area contributed by atoms with Crippen molar-refractivity contribution in [2.75, 3.05) is 13.2 Å². The molecule has 0 aliphatic rings.